The van der Waals surface area contributed by atoms with Crippen LogP contribution in [0, 0.1) is 5.82 Å². The van der Waals surface area contributed by atoms with Crippen LogP contribution < -0.4 is 9.47 Å². The molecule has 0 bridgehead atoms. The summed E-state index contributed by atoms with van der Waals surface area (Å²) < 4.78 is 23.9. The van der Waals surface area contributed by atoms with Gasteiger partial charge in [-0.05, 0) is 29.8 Å². The molecule has 0 N–H and O–H groups in total. The summed E-state index contributed by atoms with van der Waals surface area (Å²) in [6.07, 6.45) is 1.64. The molecule has 2 nitrogen and oxygen atoms in total. The van der Waals surface area contributed by atoms with Crippen LogP contribution in [0.4, 0.5) is 4.39 Å². The molecule has 2 aromatic carbocycles. The normalized spacial score (nSPS) is 10.0. The lowest BCUT2D eigenvalue weighted by atomic mass is 10.2. The van der Waals surface area contributed by atoms with E-state index in [1.54, 1.807) is 19.3 Å². The van der Waals surface area contributed by atoms with Gasteiger partial charge in [0, 0.05) is 11.6 Å². The Kier molecular flexibility index (Phi) is 4.18. The van der Waals surface area contributed by atoms with Gasteiger partial charge in [-0.25, -0.2) is 4.39 Å². The molecule has 0 aliphatic rings. The van der Waals surface area contributed by atoms with Gasteiger partial charge in [0.25, 0.3) is 0 Å². The van der Waals surface area contributed by atoms with Gasteiger partial charge < -0.3 is 9.47 Å². The SMILES string of the molecule is C=Cc1ccc(F)cc1OCc1ccc(OC)cc1. The van der Waals surface area contributed by atoms with E-state index >= 15 is 0 Å². The minimum Gasteiger partial charge on any atom is -0.497 e. The molecular weight excluding hydrogens is 243 g/mol. The van der Waals surface area contributed by atoms with Crippen LogP contribution >= 0.6 is 0 Å². The third-order valence-corrected chi connectivity index (χ3v) is 2.75. The maximum atomic E-state index is 13.2. The van der Waals surface area contributed by atoms with Crippen LogP contribution in [0.5, 0.6) is 11.5 Å². The molecule has 98 valence electrons. The molecule has 0 aliphatic carbocycles. The summed E-state index contributed by atoms with van der Waals surface area (Å²) in [6.45, 7) is 4.05. The van der Waals surface area contributed by atoms with E-state index < -0.39 is 0 Å². The van der Waals surface area contributed by atoms with Crippen molar-refractivity contribution in [2.24, 2.45) is 0 Å². The van der Waals surface area contributed by atoms with Gasteiger partial charge in [0.15, 0.2) is 0 Å². The minimum absolute atomic E-state index is 0.324. The monoisotopic (exact) mass is 258 g/mol. The third kappa shape index (κ3) is 3.35. The fourth-order valence-corrected chi connectivity index (χ4v) is 1.68. The van der Waals surface area contributed by atoms with Crippen LogP contribution in [0.15, 0.2) is 49.0 Å². The summed E-state index contributed by atoms with van der Waals surface area (Å²) in [5, 5.41) is 0. The number of halogens is 1. The molecule has 2 aromatic rings. The van der Waals surface area contributed by atoms with E-state index in [0.29, 0.717) is 12.4 Å². The predicted molar refractivity (Wildman–Crippen MR) is 73.8 cm³/mol. The Morgan fingerprint density at radius 2 is 1.89 bits per heavy atom. The van der Waals surface area contributed by atoms with Gasteiger partial charge in [0.2, 0.25) is 0 Å². The molecule has 3 heteroatoms. The second-order valence-electron chi connectivity index (χ2n) is 4.02. The third-order valence-electron chi connectivity index (χ3n) is 2.75. The van der Waals surface area contributed by atoms with Gasteiger partial charge in [-0.15, -0.1) is 0 Å². The highest BCUT2D eigenvalue weighted by molar-refractivity contribution is 5.55. The van der Waals surface area contributed by atoms with E-state index in [1.165, 1.54) is 12.1 Å². The molecule has 0 spiro atoms. The first-order chi connectivity index (χ1) is 9.22. The molecule has 0 unspecified atom stereocenters. The fraction of sp³-hybridized carbons (Fsp3) is 0.125. The molecule has 0 saturated carbocycles. The quantitative estimate of drug-likeness (QED) is 0.805. The van der Waals surface area contributed by atoms with E-state index in [4.69, 9.17) is 9.47 Å². The summed E-state index contributed by atoms with van der Waals surface area (Å²) in [5.74, 6) is 0.961. The van der Waals surface area contributed by atoms with E-state index in [1.807, 2.05) is 24.3 Å². The number of hydrogen-bond acceptors (Lipinski definition) is 2. The average Bonchev–Trinajstić information content (AvgIpc) is 2.46. The molecule has 0 aliphatic heterocycles. The number of methoxy groups -OCH3 is 1. The van der Waals surface area contributed by atoms with Crippen molar-refractivity contribution in [3.63, 3.8) is 0 Å². The highest BCUT2D eigenvalue weighted by Gasteiger charge is 2.03. The van der Waals surface area contributed by atoms with E-state index in [2.05, 4.69) is 6.58 Å². The van der Waals surface area contributed by atoms with E-state index in [9.17, 15) is 4.39 Å². The molecule has 0 atom stereocenters. The molecule has 0 amide bonds. The number of ether oxygens (including phenoxy) is 2. The van der Waals surface area contributed by atoms with Crippen LogP contribution in [-0.2, 0) is 6.61 Å². The summed E-state index contributed by atoms with van der Waals surface area (Å²) in [4.78, 5) is 0. The first-order valence-corrected chi connectivity index (χ1v) is 5.90. The highest BCUT2D eigenvalue weighted by atomic mass is 19.1. The molecule has 0 fully saturated rings. The second kappa shape index (κ2) is 6.05. The summed E-state index contributed by atoms with van der Waals surface area (Å²) in [5.41, 5.74) is 1.76. The maximum absolute atomic E-state index is 13.2. The molecule has 0 saturated heterocycles. The Balaban J connectivity index is 2.09. The lowest BCUT2D eigenvalue weighted by Gasteiger charge is -2.10. The fourth-order valence-electron chi connectivity index (χ4n) is 1.68. The Hall–Kier alpha value is -2.29. The van der Waals surface area contributed by atoms with E-state index in [0.717, 1.165) is 16.9 Å². The van der Waals surface area contributed by atoms with E-state index in [-0.39, 0.29) is 5.82 Å². The Bertz CT molecular complexity index is 561. The minimum atomic E-state index is -0.324. The first-order valence-electron chi connectivity index (χ1n) is 5.90. The van der Waals surface area contributed by atoms with Gasteiger partial charge >= 0.3 is 0 Å². The highest BCUT2D eigenvalue weighted by Crippen LogP contribution is 2.22. The zero-order chi connectivity index (χ0) is 13.7. The summed E-state index contributed by atoms with van der Waals surface area (Å²) in [6, 6.07) is 11.9. The smallest absolute Gasteiger partial charge is 0.129 e. The van der Waals surface area contributed by atoms with Crippen molar-refractivity contribution in [3.8, 4) is 11.5 Å². The summed E-state index contributed by atoms with van der Waals surface area (Å²) in [7, 11) is 1.62. The Morgan fingerprint density at radius 1 is 1.16 bits per heavy atom. The number of rotatable bonds is 5. The molecule has 0 radical (unpaired) electrons. The number of hydrogen-bond donors (Lipinski definition) is 0. The lowest BCUT2D eigenvalue weighted by molar-refractivity contribution is 0.303. The van der Waals surface area contributed by atoms with Crippen molar-refractivity contribution in [1.82, 2.24) is 0 Å². The number of benzene rings is 2. The second-order valence-corrected chi connectivity index (χ2v) is 4.02. The maximum Gasteiger partial charge on any atom is 0.129 e. The van der Waals surface area contributed by atoms with Crippen molar-refractivity contribution in [3.05, 3.63) is 66.0 Å². The van der Waals surface area contributed by atoms with Crippen molar-refractivity contribution in [2.45, 2.75) is 6.61 Å². The summed E-state index contributed by atoms with van der Waals surface area (Å²) >= 11 is 0. The standard InChI is InChI=1S/C16H15FO2/c1-3-13-6-7-14(17)10-16(13)19-11-12-4-8-15(18-2)9-5-12/h3-10H,1,11H2,2H3. The van der Waals surface area contributed by atoms with Crippen molar-refractivity contribution in [2.75, 3.05) is 7.11 Å². The molecular formula is C16H15FO2. The zero-order valence-electron chi connectivity index (χ0n) is 10.7. The molecule has 19 heavy (non-hydrogen) atoms. The van der Waals surface area contributed by atoms with Crippen molar-refractivity contribution in [1.29, 1.82) is 0 Å². The molecule has 0 aromatic heterocycles. The average molecular weight is 258 g/mol. The Morgan fingerprint density at radius 3 is 2.53 bits per heavy atom. The lowest BCUT2D eigenvalue weighted by Crippen LogP contribution is -1.97. The van der Waals surface area contributed by atoms with Crippen LogP contribution in [0.1, 0.15) is 11.1 Å². The van der Waals surface area contributed by atoms with Gasteiger partial charge in [0.05, 0.1) is 7.11 Å². The first kappa shape index (κ1) is 13.1. The van der Waals surface area contributed by atoms with Gasteiger partial charge in [-0.2, -0.15) is 0 Å². The van der Waals surface area contributed by atoms with Crippen LogP contribution in [0.25, 0.3) is 6.08 Å². The van der Waals surface area contributed by atoms with Crippen LogP contribution in [-0.4, -0.2) is 7.11 Å². The predicted octanol–water partition coefficient (Wildman–Crippen LogP) is 4.06. The Labute approximate surface area is 112 Å². The van der Waals surface area contributed by atoms with Crippen molar-refractivity contribution >= 4 is 6.08 Å². The van der Waals surface area contributed by atoms with Crippen molar-refractivity contribution < 1.29 is 13.9 Å². The zero-order valence-corrected chi connectivity index (χ0v) is 10.7. The molecule has 0 heterocycles. The van der Waals surface area contributed by atoms with Gasteiger partial charge in [-0.3, -0.25) is 0 Å². The largest absolute Gasteiger partial charge is 0.497 e. The molecule has 2 rings (SSSR count). The van der Waals surface area contributed by atoms with Gasteiger partial charge in [0.1, 0.15) is 23.9 Å². The van der Waals surface area contributed by atoms with Crippen LogP contribution in [0.3, 0.4) is 0 Å². The van der Waals surface area contributed by atoms with Crippen LogP contribution in [0.2, 0.25) is 0 Å². The van der Waals surface area contributed by atoms with Gasteiger partial charge in [-0.1, -0.05) is 24.8 Å². The topological polar surface area (TPSA) is 18.5 Å².